The van der Waals surface area contributed by atoms with Crippen LogP contribution in [0.4, 0.5) is 0 Å². The highest BCUT2D eigenvalue weighted by Crippen LogP contribution is 2.04. The standard InChI is InChI=1S/C10H13NO2.2C5H9NO2.C5H11NO2.C3H7NO2.ClH/c1-13-10(12)9(11)7-8-5-3-2-4-6-8;2*7-5(8)4-2-1-3-6-4;1-3(2)4(6)5(7)8;1-2(4)3(5)6;/h2-6,9H,7,11H2,1H3;2*4,6H,1-3H2,(H,7,8);3-4H,6H2,1-2H3,(H,7,8);2H,4H2,1H3,(H,5,6);1H/t9-;3*4-;2-;/m00000./s1. The minimum absolute atomic E-state index is 0. The summed E-state index contributed by atoms with van der Waals surface area (Å²) in [6.07, 6.45) is 4.09. The van der Waals surface area contributed by atoms with E-state index in [2.05, 4.69) is 15.4 Å². The van der Waals surface area contributed by atoms with E-state index in [0.717, 1.165) is 44.3 Å². The van der Waals surface area contributed by atoms with Crippen molar-refractivity contribution in [1.82, 2.24) is 10.6 Å². The third-order valence-corrected chi connectivity index (χ3v) is 5.91. The third-order valence-electron chi connectivity index (χ3n) is 5.91. The Hall–Kier alpha value is -3.34. The van der Waals surface area contributed by atoms with Crippen molar-refractivity contribution in [3.05, 3.63) is 35.9 Å². The Morgan fingerprint density at radius 2 is 1.23 bits per heavy atom. The highest BCUT2D eigenvalue weighted by Gasteiger charge is 2.21. The van der Waals surface area contributed by atoms with Crippen LogP contribution in [0.25, 0.3) is 0 Å². The number of hydrogen-bond donors (Lipinski definition) is 9. The van der Waals surface area contributed by atoms with Crippen molar-refractivity contribution >= 4 is 42.3 Å². The molecule has 254 valence electrons. The lowest BCUT2D eigenvalue weighted by atomic mass is 10.1. The van der Waals surface area contributed by atoms with Crippen molar-refractivity contribution in [3.8, 4) is 0 Å². The van der Waals surface area contributed by atoms with Crippen molar-refractivity contribution in [2.24, 2.45) is 23.1 Å². The number of carboxylic acid groups (broad SMARTS) is 4. The van der Waals surface area contributed by atoms with E-state index in [1.807, 2.05) is 30.3 Å². The van der Waals surface area contributed by atoms with Gasteiger partial charge >= 0.3 is 29.8 Å². The van der Waals surface area contributed by atoms with Crippen LogP contribution in [0, 0.1) is 5.92 Å². The molecule has 2 heterocycles. The Morgan fingerprint density at radius 3 is 1.43 bits per heavy atom. The molecule has 12 N–H and O–H groups in total. The van der Waals surface area contributed by atoms with Crippen molar-refractivity contribution in [2.45, 2.75) is 83.1 Å². The number of methoxy groups -OCH3 is 1. The molecule has 2 saturated heterocycles. The van der Waals surface area contributed by atoms with Gasteiger partial charge in [-0.2, -0.15) is 0 Å². The van der Waals surface area contributed by atoms with E-state index in [1.54, 1.807) is 13.8 Å². The maximum atomic E-state index is 11.0. The molecule has 1 aromatic rings. The summed E-state index contributed by atoms with van der Waals surface area (Å²) in [7, 11) is 1.34. The lowest BCUT2D eigenvalue weighted by Crippen LogP contribution is -2.34. The van der Waals surface area contributed by atoms with Gasteiger partial charge in [0, 0.05) is 0 Å². The molecule has 1 aromatic carbocycles. The number of benzene rings is 1. The molecule has 0 aromatic heterocycles. The normalized spacial score (nSPS) is 18.3. The zero-order chi connectivity index (χ0) is 33.5. The number of ether oxygens (including phenoxy) is 1. The van der Waals surface area contributed by atoms with E-state index in [0.29, 0.717) is 6.42 Å². The molecule has 2 aliphatic rings. The van der Waals surface area contributed by atoms with Crippen molar-refractivity contribution in [2.75, 3.05) is 20.2 Å². The fourth-order valence-electron chi connectivity index (χ4n) is 3.18. The van der Waals surface area contributed by atoms with E-state index < -0.39 is 42.0 Å². The Labute approximate surface area is 264 Å². The van der Waals surface area contributed by atoms with Gasteiger partial charge < -0.3 is 53.0 Å². The number of carboxylic acids is 4. The monoisotopic (exact) mass is 651 g/mol. The number of nitrogens with two attached hydrogens (primary N) is 3. The second-order valence-electron chi connectivity index (χ2n) is 10.0. The Morgan fingerprint density at radius 1 is 0.818 bits per heavy atom. The van der Waals surface area contributed by atoms with Crippen LogP contribution >= 0.6 is 12.4 Å². The van der Waals surface area contributed by atoms with Crippen LogP contribution in [0.15, 0.2) is 30.3 Å². The van der Waals surface area contributed by atoms with Crippen molar-refractivity contribution < 1.29 is 49.1 Å². The largest absolute Gasteiger partial charge is 0.480 e. The molecule has 0 spiro atoms. The number of nitrogens with one attached hydrogen (secondary N) is 2. The maximum Gasteiger partial charge on any atom is 0.322 e. The van der Waals surface area contributed by atoms with Crippen molar-refractivity contribution in [1.29, 1.82) is 0 Å². The lowest BCUT2D eigenvalue weighted by Gasteiger charge is -2.08. The second kappa shape index (κ2) is 26.1. The second-order valence-corrected chi connectivity index (χ2v) is 10.0. The minimum Gasteiger partial charge on any atom is -0.480 e. The van der Waals surface area contributed by atoms with E-state index in [9.17, 15) is 24.0 Å². The topological polar surface area (TPSA) is 278 Å². The van der Waals surface area contributed by atoms with Crippen molar-refractivity contribution in [3.63, 3.8) is 0 Å². The highest BCUT2D eigenvalue weighted by atomic mass is 35.5. The highest BCUT2D eigenvalue weighted by molar-refractivity contribution is 5.85. The van der Waals surface area contributed by atoms with Crippen LogP contribution < -0.4 is 27.8 Å². The van der Waals surface area contributed by atoms with E-state index in [1.165, 1.54) is 14.0 Å². The maximum absolute atomic E-state index is 11.0. The van der Waals surface area contributed by atoms with Crippen LogP contribution in [-0.4, -0.2) is 101 Å². The van der Waals surface area contributed by atoms with Gasteiger partial charge in [-0.3, -0.25) is 24.0 Å². The van der Waals surface area contributed by atoms with Crippen LogP contribution in [0.5, 0.6) is 0 Å². The summed E-state index contributed by atoms with van der Waals surface area (Å²) < 4.78 is 4.52. The van der Waals surface area contributed by atoms with Gasteiger partial charge in [-0.25, -0.2) is 0 Å². The van der Waals surface area contributed by atoms with E-state index in [-0.39, 0.29) is 36.4 Å². The summed E-state index contributed by atoms with van der Waals surface area (Å²) >= 11 is 0. The predicted octanol–water partition coefficient (Wildman–Crippen LogP) is 0.270. The van der Waals surface area contributed by atoms with Gasteiger partial charge in [-0.1, -0.05) is 44.2 Å². The molecule has 15 nitrogen and oxygen atoms in total. The summed E-state index contributed by atoms with van der Waals surface area (Å²) in [5.41, 5.74) is 16.6. The lowest BCUT2D eigenvalue weighted by molar-refractivity contribution is -0.142. The molecule has 0 amide bonds. The smallest absolute Gasteiger partial charge is 0.322 e. The number of hydrogen-bond acceptors (Lipinski definition) is 11. The van der Waals surface area contributed by atoms with Crippen LogP contribution in [0.2, 0.25) is 0 Å². The zero-order valence-electron chi connectivity index (χ0n) is 25.7. The first-order valence-electron chi connectivity index (χ1n) is 13.8. The Bertz CT molecular complexity index is 915. The fourth-order valence-corrected chi connectivity index (χ4v) is 3.18. The molecule has 0 aliphatic carbocycles. The predicted molar refractivity (Wildman–Crippen MR) is 166 cm³/mol. The van der Waals surface area contributed by atoms with Gasteiger partial charge in [-0.15, -0.1) is 12.4 Å². The summed E-state index contributed by atoms with van der Waals surface area (Å²) in [4.78, 5) is 50.8. The number of esters is 1. The van der Waals surface area contributed by atoms with Gasteiger partial charge in [0.05, 0.1) is 7.11 Å². The minimum atomic E-state index is -0.963. The van der Waals surface area contributed by atoms with Crippen LogP contribution in [-0.2, 0) is 35.1 Å². The van der Waals surface area contributed by atoms with E-state index >= 15 is 0 Å². The van der Waals surface area contributed by atoms with Crippen LogP contribution in [0.1, 0.15) is 52.0 Å². The molecule has 0 saturated carbocycles. The van der Waals surface area contributed by atoms with Gasteiger partial charge in [-0.05, 0) is 63.6 Å². The molecule has 44 heavy (non-hydrogen) atoms. The third kappa shape index (κ3) is 23.2. The average Bonchev–Trinajstić information content (AvgIpc) is 3.69. The molecule has 0 bridgehead atoms. The van der Waals surface area contributed by atoms with Crippen LogP contribution in [0.3, 0.4) is 0 Å². The quantitative estimate of drug-likeness (QED) is 0.171. The van der Waals surface area contributed by atoms with E-state index in [4.69, 9.17) is 37.6 Å². The molecule has 5 atom stereocenters. The number of halogens is 1. The van der Waals surface area contributed by atoms with Gasteiger partial charge in [0.25, 0.3) is 0 Å². The number of carbonyl (C=O) groups is 5. The van der Waals surface area contributed by atoms with Gasteiger partial charge in [0.2, 0.25) is 0 Å². The molecule has 0 unspecified atom stereocenters. The first-order chi connectivity index (χ1) is 20.0. The summed E-state index contributed by atoms with van der Waals surface area (Å²) in [6, 6.07) is 7.08. The molecule has 0 radical (unpaired) electrons. The first kappa shape index (κ1) is 45.1. The Balaban J connectivity index is -0.000000488. The number of rotatable bonds is 8. The zero-order valence-corrected chi connectivity index (χ0v) is 26.5. The molecule has 2 fully saturated rings. The molecule has 16 heteroatoms. The van der Waals surface area contributed by atoms with Gasteiger partial charge in [0.15, 0.2) is 0 Å². The summed E-state index contributed by atoms with van der Waals surface area (Å²) in [6.45, 7) is 6.69. The average molecular weight is 652 g/mol. The fraction of sp³-hybridized carbons (Fsp3) is 0.607. The van der Waals surface area contributed by atoms with Gasteiger partial charge in [0.1, 0.15) is 30.2 Å². The molecular weight excluding hydrogens is 602 g/mol. The molecule has 3 rings (SSSR count). The summed E-state index contributed by atoms with van der Waals surface area (Å²) in [5, 5.41) is 38.5. The summed E-state index contributed by atoms with van der Waals surface area (Å²) in [5.74, 6) is -3.68. The first-order valence-corrected chi connectivity index (χ1v) is 13.8. The Kier molecular flexibility index (Phi) is 26.7. The number of aliphatic carboxylic acids is 4. The molecule has 2 aliphatic heterocycles. The SMILES string of the molecule is CC(C)[C@H](N)C(=O)O.COC(=O)[C@@H](N)Cc1ccccc1.C[C@H](N)C(=O)O.Cl.O=C(O)[C@@H]1CCCN1.O=C(O)[C@@H]1CCCN1. The molecular formula is C28H50ClN5O10. The number of carbonyl (C=O) groups excluding carboxylic acids is 1.